The van der Waals surface area contributed by atoms with Crippen LogP contribution in [0.4, 0.5) is 0 Å². The van der Waals surface area contributed by atoms with Crippen LogP contribution < -0.4 is 16.6 Å². The molecule has 0 radical (unpaired) electrons. The maximum atomic E-state index is 13.1. The summed E-state index contributed by atoms with van der Waals surface area (Å²) in [6.07, 6.45) is 0.778. The average Bonchev–Trinajstić information content (AvgIpc) is 2.66. The molecule has 27 heavy (non-hydrogen) atoms. The van der Waals surface area contributed by atoms with E-state index >= 15 is 0 Å². The van der Waals surface area contributed by atoms with Crippen molar-refractivity contribution in [1.82, 2.24) is 14.5 Å². The molecule has 0 fully saturated rings. The van der Waals surface area contributed by atoms with Crippen molar-refractivity contribution in [2.75, 3.05) is 0 Å². The molecule has 0 saturated carbocycles. The fourth-order valence-corrected chi connectivity index (χ4v) is 3.11. The monoisotopic (exact) mass is 385 g/mol. The Morgan fingerprint density at radius 1 is 1.11 bits per heavy atom. The van der Waals surface area contributed by atoms with Gasteiger partial charge in [0.1, 0.15) is 6.54 Å². The highest BCUT2D eigenvalue weighted by molar-refractivity contribution is 6.32. The van der Waals surface area contributed by atoms with Crippen LogP contribution in [0.3, 0.4) is 0 Å². The standard InChI is InChI=1S/C20H20ClN3O3/c1-3-13(2)22-18(25)12-23-16-10-6-4-8-14(16)19(26)24(20(23)27)17-11-7-5-9-15(17)21/h4-11,13H,3,12H2,1-2H3,(H,22,25)/t13-/m0/s1. The predicted molar refractivity (Wildman–Crippen MR) is 107 cm³/mol. The molecular formula is C20H20ClN3O3. The van der Waals surface area contributed by atoms with E-state index in [-0.39, 0.29) is 29.2 Å². The highest BCUT2D eigenvalue weighted by Crippen LogP contribution is 2.18. The van der Waals surface area contributed by atoms with Gasteiger partial charge in [-0.25, -0.2) is 9.36 Å². The van der Waals surface area contributed by atoms with E-state index in [1.165, 1.54) is 4.57 Å². The maximum absolute atomic E-state index is 13.1. The molecule has 3 rings (SSSR count). The first kappa shape index (κ1) is 18.9. The molecule has 140 valence electrons. The van der Waals surface area contributed by atoms with Crippen LogP contribution >= 0.6 is 11.6 Å². The highest BCUT2D eigenvalue weighted by Gasteiger charge is 2.18. The van der Waals surface area contributed by atoms with E-state index in [0.29, 0.717) is 10.9 Å². The minimum Gasteiger partial charge on any atom is -0.352 e. The van der Waals surface area contributed by atoms with E-state index in [2.05, 4.69) is 5.32 Å². The minimum atomic E-state index is -0.605. The Morgan fingerprint density at radius 2 is 1.78 bits per heavy atom. The summed E-state index contributed by atoms with van der Waals surface area (Å²) in [5.41, 5.74) is -0.375. The van der Waals surface area contributed by atoms with Crippen molar-refractivity contribution in [1.29, 1.82) is 0 Å². The minimum absolute atomic E-state index is 0.00561. The van der Waals surface area contributed by atoms with Crippen LogP contribution in [0.5, 0.6) is 0 Å². The molecule has 1 N–H and O–H groups in total. The van der Waals surface area contributed by atoms with E-state index in [9.17, 15) is 14.4 Å². The van der Waals surface area contributed by atoms with Gasteiger partial charge >= 0.3 is 5.69 Å². The van der Waals surface area contributed by atoms with Gasteiger partial charge in [-0.2, -0.15) is 0 Å². The summed E-state index contributed by atoms with van der Waals surface area (Å²) in [5.74, 6) is -0.291. The van der Waals surface area contributed by atoms with Gasteiger partial charge in [-0.15, -0.1) is 0 Å². The van der Waals surface area contributed by atoms with Gasteiger partial charge in [0.2, 0.25) is 5.91 Å². The topological polar surface area (TPSA) is 73.1 Å². The van der Waals surface area contributed by atoms with E-state index in [1.54, 1.807) is 48.5 Å². The third-order valence-corrected chi connectivity index (χ3v) is 4.78. The summed E-state index contributed by atoms with van der Waals surface area (Å²) >= 11 is 6.21. The fraction of sp³-hybridized carbons (Fsp3) is 0.250. The van der Waals surface area contributed by atoms with Crippen molar-refractivity contribution < 1.29 is 4.79 Å². The van der Waals surface area contributed by atoms with Crippen molar-refractivity contribution in [2.24, 2.45) is 0 Å². The zero-order chi connectivity index (χ0) is 19.6. The van der Waals surface area contributed by atoms with E-state index < -0.39 is 11.2 Å². The maximum Gasteiger partial charge on any atom is 0.336 e. The molecule has 0 unspecified atom stereocenters. The molecule has 1 amide bonds. The molecule has 7 heteroatoms. The van der Waals surface area contributed by atoms with Crippen molar-refractivity contribution in [3.8, 4) is 5.69 Å². The lowest BCUT2D eigenvalue weighted by atomic mass is 10.2. The summed E-state index contributed by atoms with van der Waals surface area (Å²) < 4.78 is 2.32. The van der Waals surface area contributed by atoms with E-state index in [4.69, 9.17) is 11.6 Å². The molecule has 3 aromatic rings. The quantitative estimate of drug-likeness (QED) is 0.733. The number of carbonyl (C=O) groups excluding carboxylic acids is 1. The van der Waals surface area contributed by atoms with E-state index in [0.717, 1.165) is 11.0 Å². The zero-order valence-corrected chi connectivity index (χ0v) is 15.9. The number of hydrogen-bond donors (Lipinski definition) is 1. The lowest BCUT2D eigenvalue weighted by Crippen LogP contribution is -2.43. The third-order valence-electron chi connectivity index (χ3n) is 4.47. The van der Waals surface area contributed by atoms with Gasteiger partial charge in [0.05, 0.1) is 21.6 Å². The number of fused-ring (bicyclic) bond motifs is 1. The van der Waals surface area contributed by atoms with Crippen LogP contribution in [-0.4, -0.2) is 21.1 Å². The average molecular weight is 386 g/mol. The third kappa shape index (κ3) is 3.66. The fourth-order valence-electron chi connectivity index (χ4n) is 2.89. The van der Waals surface area contributed by atoms with Crippen LogP contribution in [0.1, 0.15) is 20.3 Å². The molecule has 0 aliphatic carbocycles. The molecule has 0 bridgehead atoms. The summed E-state index contributed by atoms with van der Waals surface area (Å²) in [5, 5.41) is 3.46. The number of benzene rings is 2. The summed E-state index contributed by atoms with van der Waals surface area (Å²) in [6.45, 7) is 3.67. The number of halogens is 1. The lowest BCUT2D eigenvalue weighted by Gasteiger charge is -2.16. The number of aromatic nitrogens is 2. The lowest BCUT2D eigenvalue weighted by molar-refractivity contribution is -0.122. The first-order chi connectivity index (χ1) is 12.9. The van der Waals surface area contributed by atoms with Crippen LogP contribution in [0.25, 0.3) is 16.6 Å². The van der Waals surface area contributed by atoms with Crippen LogP contribution in [-0.2, 0) is 11.3 Å². The second-order valence-corrected chi connectivity index (χ2v) is 6.76. The normalized spacial score (nSPS) is 12.1. The number of nitrogens with zero attached hydrogens (tertiary/aromatic N) is 2. The molecule has 0 spiro atoms. The van der Waals surface area contributed by atoms with Gasteiger partial charge in [-0.1, -0.05) is 42.8 Å². The first-order valence-corrected chi connectivity index (χ1v) is 9.10. The van der Waals surface area contributed by atoms with Crippen molar-refractivity contribution in [3.63, 3.8) is 0 Å². The van der Waals surface area contributed by atoms with Crippen LogP contribution in [0.2, 0.25) is 5.02 Å². The Kier molecular flexibility index (Phi) is 5.46. The summed E-state index contributed by atoms with van der Waals surface area (Å²) in [6, 6.07) is 13.4. The van der Waals surface area contributed by atoms with Crippen molar-refractivity contribution in [2.45, 2.75) is 32.9 Å². The molecule has 0 aliphatic heterocycles. The van der Waals surface area contributed by atoms with Gasteiger partial charge in [0.15, 0.2) is 0 Å². The van der Waals surface area contributed by atoms with Gasteiger partial charge < -0.3 is 5.32 Å². The Hall–Kier alpha value is -2.86. The predicted octanol–water partition coefficient (Wildman–Crippen LogP) is 2.72. The number of nitrogens with one attached hydrogen (secondary N) is 1. The molecule has 1 aromatic heterocycles. The smallest absolute Gasteiger partial charge is 0.336 e. The number of para-hydroxylation sites is 2. The number of carbonyl (C=O) groups is 1. The van der Waals surface area contributed by atoms with Crippen LogP contribution in [0, 0.1) is 0 Å². The largest absolute Gasteiger partial charge is 0.352 e. The molecule has 1 atom stereocenters. The molecule has 0 saturated heterocycles. The van der Waals surface area contributed by atoms with Crippen LogP contribution in [0.15, 0.2) is 58.1 Å². The Morgan fingerprint density at radius 3 is 2.48 bits per heavy atom. The molecule has 0 aliphatic rings. The second kappa shape index (κ2) is 7.80. The van der Waals surface area contributed by atoms with Gasteiger partial charge in [-0.3, -0.25) is 14.2 Å². The zero-order valence-electron chi connectivity index (χ0n) is 15.1. The second-order valence-electron chi connectivity index (χ2n) is 6.35. The van der Waals surface area contributed by atoms with Gasteiger partial charge in [0.25, 0.3) is 5.56 Å². The summed E-state index contributed by atoms with van der Waals surface area (Å²) in [4.78, 5) is 38.5. The SMILES string of the molecule is CC[C@H](C)NC(=O)Cn1c(=O)n(-c2ccccc2Cl)c(=O)c2ccccc21. The van der Waals surface area contributed by atoms with Crippen molar-refractivity contribution >= 4 is 28.4 Å². The number of amides is 1. The first-order valence-electron chi connectivity index (χ1n) is 8.73. The van der Waals surface area contributed by atoms with Gasteiger partial charge in [0, 0.05) is 6.04 Å². The molecule has 6 nitrogen and oxygen atoms in total. The van der Waals surface area contributed by atoms with E-state index in [1.807, 2.05) is 13.8 Å². The van der Waals surface area contributed by atoms with Crippen molar-refractivity contribution in [3.05, 3.63) is 74.4 Å². The highest BCUT2D eigenvalue weighted by atomic mass is 35.5. The number of hydrogen-bond acceptors (Lipinski definition) is 3. The number of rotatable bonds is 5. The Labute approximate surface area is 161 Å². The Balaban J connectivity index is 2.25. The molecule has 2 aromatic carbocycles. The molecule has 1 heterocycles. The van der Waals surface area contributed by atoms with Gasteiger partial charge in [-0.05, 0) is 37.6 Å². The Bertz CT molecular complexity index is 1120. The molecular weight excluding hydrogens is 366 g/mol. The summed E-state index contributed by atoms with van der Waals surface area (Å²) in [7, 11) is 0.